The maximum absolute atomic E-state index is 17.3. The number of likely N-dealkylation sites (tertiary alicyclic amines) is 1. The van der Waals surface area contributed by atoms with Crippen LogP contribution in [-0.2, 0) is 0 Å². The van der Waals surface area contributed by atoms with Crippen molar-refractivity contribution in [2.75, 3.05) is 57.0 Å². The summed E-state index contributed by atoms with van der Waals surface area (Å²) < 4.78 is 45.5. The minimum absolute atomic E-state index is 0.0194. The van der Waals surface area contributed by atoms with Gasteiger partial charge in [0.05, 0.1) is 27.2 Å². The summed E-state index contributed by atoms with van der Waals surface area (Å²) >= 11 is 8.05. The molecule has 9 nitrogen and oxygen atoms in total. The SMILES string of the molecule is CN1CCCC1C1CCCN2CCCCC(C2)N2CCOc3c(Cl)c(-c4ccc(F)c5sc(N)c(C#N)c45)c(F)c4nc(nc2c34)O1. The van der Waals surface area contributed by atoms with Crippen molar-refractivity contribution >= 4 is 54.7 Å². The second-order valence-corrected chi connectivity index (χ2v) is 14.5. The zero-order valence-electron chi connectivity index (χ0n) is 26.2. The Bertz CT molecular complexity index is 1930. The Labute approximate surface area is 280 Å². The molecular weight excluding hydrogens is 644 g/mol. The fourth-order valence-electron chi connectivity index (χ4n) is 8.12. The van der Waals surface area contributed by atoms with Gasteiger partial charge in [-0.2, -0.15) is 15.2 Å². The van der Waals surface area contributed by atoms with Gasteiger partial charge in [-0.05, 0) is 76.8 Å². The summed E-state index contributed by atoms with van der Waals surface area (Å²) in [4.78, 5) is 16.9. The Balaban J connectivity index is 1.39. The number of thiophene rings is 1. The summed E-state index contributed by atoms with van der Waals surface area (Å²) in [7, 11) is 2.13. The number of likely N-dealkylation sites (N-methyl/N-ethyl adjacent to an activating group) is 1. The van der Waals surface area contributed by atoms with Gasteiger partial charge in [0.1, 0.15) is 40.9 Å². The summed E-state index contributed by atoms with van der Waals surface area (Å²) in [6.07, 6.45) is 6.94. The van der Waals surface area contributed by atoms with Crippen molar-refractivity contribution in [3.63, 3.8) is 0 Å². The highest BCUT2D eigenvalue weighted by Gasteiger charge is 2.37. The molecule has 2 aromatic heterocycles. The lowest BCUT2D eigenvalue weighted by Crippen LogP contribution is -2.46. The van der Waals surface area contributed by atoms with E-state index in [-0.39, 0.29) is 72.3 Å². The molecule has 8 rings (SSSR count). The molecule has 0 amide bonds. The zero-order valence-corrected chi connectivity index (χ0v) is 27.8. The van der Waals surface area contributed by atoms with E-state index >= 15 is 8.78 Å². The van der Waals surface area contributed by atoms with Gasteiger partial charge in [-0.3, -0.25) is 4.90 Å². The highest BCUT2D eigenvalue weighted by Crippen LogP contribution is 2.51. The first kappa shape index (κ1) is 30.8. The van der Waals surface area contributed by atoms with Gasteiger partial charge in [-0.1, -0.05) is 24.1 Å². The number of fused-ring (bicyclic) bond motifs is 5. The van der Waals surface area contributed by atoms with E-state index < -0.39 is 11.6 Å². The number of hydrogen-bond donors (Lipinski definition) is 1. The molecular formula is C34H36ClF2N7O2S. The number of halogens is 3. The largest absolute Gasteiger partial charge is 0.489 e. The van der Waals surface area contributed by atoms with Crippen LogP contribution >= 0.6 is 22.9 Å². The summed E-state index contributed by atoms with van der Waals surface area (Å²) in [6.45, 7) is 4.74. The summed E-state index contributed by atoms with van der Waals surface area (Å²) in [5.74, 6) is -0.437. The molecule has 2 aromatic carbocycles. The molecule has 2 N–H and O–H groups in total. The van der Waals surface area contributed by atoms with E-state index in [1.165, 1.54) is 12.1 Å². The van der Waals surface area contributed by atoms with E-state index in [1.807, 2.05) is 0 Å². The van der Waals surface area contributed by atoms with Gasteiger partial charge < -0.3 is 25.0 Å². The second-order valence-electron chi connectivity index (χ2n) is 13.1. The number of aromatic nitrogens is 2. The number of anilines is 2. The first-order chi connectivity index (χ1) is 22.8. The van der Waals surface area contributed by atoms with Gasteiger partial charge in [0.15, 0.2) is 11.6 Å². The Morgan fingerprint density at radius 2 is 1.87 bits per heavy atom. The van der Waals surface area contributed by atoms with Crippen molar-refractivity contribution in [3.05, 3.63) is 34.4 Å². The van der Waals surface area contributed by atoms with Crippen molar-refractivity contribution in [2.45, 2.75) is 63.1 Å². The number of nitrogens with zero attached hydrogens (tertiary/aromatic N) is 6. The number of hydrogen-bond acceptors (Lipinski definition) is 10. The number of nitriles is 1. The van der Waals surface area contributed by atoms with Crippen LogP contribution in [0.4, 0.5) is 19.6 Å². The number of nitrogens with two attached hydrogens (primary N) is 1. The molecule has 0 radical (unpaired) electrons. The van der Waals surface area contributed by atoms with Gasteiger partial charge >= 0.3 is 6.01 Å². The number of ether oxygens (including phenoxy) is 2. The van der Waals surface area contributed by atoms with Gasteiger partial charge in [0.25, 0.3) is 0 Å². The molecule has 6 heterocycles. The lowest BCUT2D eigenvalue weighted by molar-refractivity contribution is 0.0851. The molecule has 0 saturated carbocycles. The number of nitrogen functional groups attached to an aromatic ring is 1. The molecule has 4 unspecified atom stereocenters. The van der Waals surface area contributed by atoms with Crippen LogP contribution in [0.25, 0.3) is 32.1 Å². The standard InChI is InChI=1S/C34H36ClF2N7O2S/c1-42-11-4-7-22(42)23-8-5-13-43-12-3-2-6-18(17-43)44-14-15-45-30-26-29(40-34(46-23)41-33(26)44)28(37)25(27(30)35)19-9-10-21(36)31-24(19)20(16-38)32(39)47-31/h9-10,18,22-23H,2-8,11-15,17,39H2,1H3. The normalized spacial score (nSPS) is 25.0. The van der Waals surface area contributed by atoms with Gasteiger partial charge in [-0.25, -0.2) is 8.78 Å². The van der Waals surface area contributed by atoms with Crippen LogP contribution in [0, 0.1) is 23.0 Å². The molecule has 4 atom stereocenters. The van der Waals surface area contributed by atoms with Crippen LogP contribution in [0.1, 0.15) is 50.5 Å². The van der Waals surface area contributed by atoms with Crippen LogP contribution < -0.4 is 20.1 Å². The third-order valence-corrected chi connectivity index (χ3v) is 11.8. The molecule has 0 spiro atoms. The summed E-state index contributed by atoms with van der Waals surface area (Å²) in [6, 6.07) is 5.22. The van der Waals surface area contributed by atoms with Crippen LogP contribution in [-0.4, -0.2) is 84.3 Å². The van der Waals surface area contributed by atoms with Gasteiger partial charge in [0.2, 0.25) is 0 Å². The Hall–Kier alpha value is -3.50. The Kier molecular flexibility index (Phi) is 7.99. The highest BCUT2D eigenvalue weighted by atomic mass is 35.5. The quantitative estimate of drug-likeness (QED) is 0.251. The fraction of sp³-hybridized carbons (Fsp3) is 0.500. The monoisotopic (exact) mass is 679 g/mol. The number of benzene rings is 2. The zero-order chi connectivity index (χ0) is 32.4. The lowest BCUT2D eigenvalue weighted by Gasteiger charge is -2.36. The first-order valence-electron chi connectivity index (χ1n) is 16.5. The molecule has 13 heteroatoms. The van der Waals surface area contributed by atoms with Gasteiger partial charge in [0, 0.05) is 29.6 Å². The van der Waals surface area contributed by atoms with E-state index in [0.29, 0.717) is 24.4 Å². The average molecular weight is 680 g/mol. The minimum atomic E-state index is -0.710. The smallest absolute Gasteiger partial charge is 0.319 e. The van der Waals surface area contributed by atoms with E-state index in [1.54, 1.807) is 0 Å². The molecule has 4 aliphatic rings. The predicted octanol–water partition coefficient (Wildman–Crippen LogP) is 6.59. The van der Waals surface area contributed by atoms with Crippen LogP contribution in [0.5, 0.6) is 11.8 Å². The third kappa shape index (κ3) is 5.14. The minimum Gasteiger partial charge on any atom is -0.489 e. The van der Waals surface area contributed by atoms with Crippen molar-refractivity contribution in [2.24, 2.45) is 0 Å². The molecule has 2 saturated heterocycles. The van der Waals surface area contributed by atoms with E-state index in [4.69, 9.17) is 36.8 Å². The van der Waals surface area contributed by atoms with Crippen LogP contribution in [0.15, 0.2) is 12.1 Å². The average Bonchev–Trinajstić information content (AvgIpc) is 3.46. The summed E-state index contributed by atoms with van der Waals surface area (Å²) in [5, 5.41) is 10.7. The second kappa shape index (κ2) is 12.2. The molecule has 4 bridgehead atoms. The topological polar surface area (TPSA) is 104 Å². The molecule has 2 fully saturated rings. The molecule has 246 valence electrons. The predicted molar refractivity (Wildman–Crippen MR) is 181 cm³/mol. The Morgan fingerprint density at radius 3 is 2.68 bits per heavy atom. The maximum Gasteiger partial charge on any atom is 0.319 e. The number of rotatable bonds is 2. The fourth-order valence-corrected chi connectivity index (χ4v) is 9.41. The molecule has 4 aromatic rings. The molecule has 47 heavy (non-hydrogen) atoms. The summed E-state index contributed by atoms with van der Waals surface area (Å²) in [5.41, 5.74) is 6.46. The van der Waals surface area contributed by atoms with Crippen molar-refractivity contribution in [1.29, 1.82) is 5.26 Å². The van der Waals surface area contributed by atoms with Crippen molar-refractivity contribution in [1.82, 2.24) is 19.8 Å². The van der Waals surface area contributed by atoms with Crippen LogP contribution in [0.3, 0.4) is 0 Å². The van der Waals surface area contributed by atoms with E-state index in [0.717, 1.165) is 82.5 Å². The van der Waals surface area contributed by atoms with Crippen molar-refractivity contribution in [3.8, 4) is 29.0 Å². The first-order valence-corrected chi connectivity index (χ1v) is 17.7. The lowest BCUT2D eigenvalue weighted by atomic mass is 9.96. The van der Waals surface area contributed by atoms with Crippen molar-refractivity contribution < 1.29 is 18.3 Å². The molecule has 4 aliphatic heterocycles. The Morgan fingerprint density at radius 1 is 1.04 bits per heavy atom. The highest BCUT2D eigenvalue weighted by molar-refractivity contribution is 7.23. The third-order valence-electron chi connectivity index (χ3n) is 10.4. The van der Waals surface area contributed by atoms with E-state index in [9.17, 15) is 5.26 Å². The molecule has 0 aliphatic carbocycles. The maximum atomic E-state index is 17.3. The van der Waals surface area contributed by atoms with E-state index in [2.05, 4.69) is 27.8 Å². The van der Waals surface area contributed by atoms with Crippen LogP contribution in [0.2, 0.25) is 5.02 Å². The van der Waals surface area contributed by atoms with Gasteiger partial charge in [-0.15, -0.1) is 11.3 Å².